The third-order valence-corrected chi connectivity index (χ3v) is 1.85. The zero-order valence-electron chi connectivity index (χ0n) is 7.75. The predicted molar refractivity (Wildman–Crippen MR) is 36.8 cm³/mol. The molecule has 0 fully saturated rings. The molecule has 0 bridgehead atoms. The van der Waals surface area contributed by atoms with Gasteiger partial charge in [0.1, 0.15) is 6.17 Å². The van der Waals surface area contributed by atoms with Gasteiger partial charge < -0.3 is 5.11 Å². The monoisotopic (exact) mass is 242 g/mol. The van der Waals surface area contributed by atoms with Crippen LogP contribution in [0.15, 0.2) is 0 Å². The van der Waals surface area contributed by atoms with Crippen molar-refractivity contribution in [3.05, 3.63) is 0 Å². The molecule has 1 nitrogen and oxygen atoms in total. The molecule has 0 amide bonds. The van der Waals surface area contributed by atoms with Crippen LogP contribution >= 0.6 is 0 Å². The standard InChI is InChI=1S/C7H9F7O/c1-3(2)4(8)5(15,6(9,10)11)7(12,13)14/h3-4,15H,1-2H3/t4-/m1/s1. The maximum atomic E-state index is 12.9. The highest BCUT2D eigenvalue weighted by molar-refractivity contribution is 5.00. The Morgan fingerprint density at radius 1 is 0.867 bits per heavy atom. The van der Waals surface area contributed by atoms with Crippen LogP contribution in [-0.4, -0.2) is 29.2 Å². The molecule has 0 spiro atoms. The molecular formula is C7H9F7O. The normalized spacial score (nSPS) is 17.0. The largest absolute Gasteiger partial charge is 0.429 e. The van der Waals surface area contributed by atoms with E-state index in [1.54, 1.807) is 0 Å². The highest BCUT2D eigenvalue weighted by Gasteiger charge is 2.75. The number of halogens is 7. The van der Waals surface area contributed by atoms with Crippen molar-refractivity contribution in [2.45, 2.75) is 38.0 Å². The molecule has 0 aromatic carbocycles. The molecule has 0 aromatic heterocycles. The highest BCUT2D eigenvalue weighted by atomic mass is 19.4. The molecule has 0 radical (unpaired) electrons. The van der Waals surface area contributed by atoms with E-state index in [9.17, 15) is 30.7 Å². The fraction of sp³-hybridized carbons (Fsp3) is 1.00. The van der Waals surface area contributed by atoms with E-state index >= 15 is 0 Å². The van der Waals surface area contributed by atoms with Gasteiger partial charge in [-0.1, -0.05) is 13.8 Å². The van der Waals surface area contributed by atoms with Crippen molar-refractivity contribution in [3.8, 4) is 0 Å². The van der Waals surface area contributed by atoms with Crippen molar-refractivity contribution >= 4 is 0 Å². The molecule has 15 heavy (non-hydrogen) atoms. The Kier molecular flexibility index (Phi) is 3.67. The number of rotatable bonds is 2. The second kappa shape index (κ2) is 3.80. The van der Waals surface area contributed by atoms with Crippen molar-refractivity contribution in [1.82, 2.24) is 0 Å². The topological polar surface area (TPSA) is 20.2 Å². The van der Waals surface area contributed by atoms with Crippen molar-refractivity contribution in [3.63, 3.8) is 0 Å². The van der Waals surface area contributed by atoms with Crippen LogP contribution in [0.25, 0.3) is 0 Å². The molecule has 1 atom stereocenters. The minimum atomic E-state index is -6.10. The molecule has 0 unspecified atom stereocenters. The second-order valence-electron chi connectivity index (χ2n) is 3.41. The summed E-state index contributed by atoms with van der Waals surface area (Å²) in [5.41, 5.74) is -5.31. The summed E-state index contributed by atoms with van der Waals surface area (Å²) in [6, 6.07) is 0. The summed E-state index contributed by atoms with van der Waals surface area (Å²) in [6.07, 6.45) is -15.7. The lowest BCUT2D eigenvalue weighted by Gasteiger charge is -2.36. The van der Waals surface area contributed by atoms with E-state index in [0.717, 1.165) is 13.8 Å². The molecule has 8 heteroatoms. The van der Waals surface area contributed by atoms with Crippen LogP contribution in [-0.2, 0) is 0 Å². The zero-order chi connectivity index (χ0) is 12.7. The highest BCUT2D eigenvalue weighted by Crippen LogP contribution is 2.47. The van der Waals surface area contributed by atoms with Gasteiger partial charge in [-0.3, -0.25) is 0 Å². The summed E-state index contributed by atoms with van der Waals surface area (Å²) in [5, 5.41) is 8.50. The molecule has 0 saturated carbocycles. The van der Waals surface area contributed by atoms with Gasteiger partial charge in [0.05, 0.1) is 0 Å². The third kappa shape index (κ3) is 2.35. The summed E-state index contributed by atoms with van der Waals surface area (Å²) < 4.78 is 84.9. The van der Waals surface area contributed by atoms with Crippen molar-refractivity contribution in [2.75, 3.05) is 0 Å². The molecule has 1 N–H and O–H groups in total. The van der Waals surface area contributed by atoms with Crippen molar-refractivity contribution in [2.24, 2.45) is 5.92 Å². The van der Waals surface area contributed by atoms with Crippen LogP contribution in [0.3, 0.4) is 0 Å². The fourth-order valence-electron chi connectivity index (χ4n) is 0.956. The minimum Gasteiger partial charge on any atom is -0.371 e. The molecule has 0 heterocycles. The molecule has 0 aliphatic heterocycles. The fourth-order valence-corrected chi connectivity index (χ4v) is 0.956. The van der Waals surface area contributed by atoms with Gasteiger partial charge in [-0.25, -0.2) is 4.39 Å². The Morgan fingerprint density at radius 2 is 1.13 bits per heavy atom. The average Bonchev–Trinajstić information content (AvgIpc) is 1.96. The van der Waals surface area contributed by atoms with Crippen molar-refractivity contribution in [1.29, 1.82) is 0 Å². The maximum Gasteiger partial charge on any atom is 0.429 e. The Labute approximate surface area is 80.9 Å². The third-order valence-electron chi connectivity index (χ3n) is 1.85. The average molecular weight is 242 g/mol. The lowest BCUT2D eigenvalue weighted by Crippen LogP contribution is -2.64. The van der Waals surface area contributed by atoms with Gasteiger partial charge in [-0.2, -0.15) is 26.3 Å². The lowest BCUT2D eigenvalue weighted by molar-refractivity contribution is -0.387. The van der Waals surface area contributed by atoms with Crippen LogP contribution in [0.5, 0.6) is 0 Å². The van der Waals surface area contributed by atoms with Gasteiger partial charge in [0.25, 0.3) is 5.60 Å². The van der Waals surface area contributed by atoms with E-state index < -0.39 is 30.0 Å². The molecule has 0 aliphatic rings. The van der Waals surface area contributed by atoms with Gasteiger partial charge in [-0.05, 0) is 5.92 Å². The van der Waals surface area contributed by atoms with E-state index in [1.165, 1.54) is 0 Å². The van der Waals surface area contributed by atoms with E-state index in [1.807, 2.05) is 0 Å². The zero-order valence-corrected chi connectivity index (χ0v) is 7.75. The van der Waals surface area contributed by atoms with E-state index in [2.05, 4.69) is 0 Å². The summed E-state index contributed by atoms with van der Waals surface area (Å²) in [7, 11) is 0. The van der Waals surface area contributed by atoms with Crippen LogP contribution in [0.4, 0.5) is 30.7 Å². The summed E-state index contributed by atoms with van der Waals surface area (Å²) in [4.78, 5) is 0. The van der Waals surface area contributed by atoms with Gasteiger partial charge in [0.2, 0.25) is 0 Å². The number of alkyl halides is 7. The first-order valence-corrected chi connectivity index (χ1v) is 3.85. The summed E-state index contributed by atoms with van der Waals surface area (Å²) in [5.74, 6) is -1.61. The van der Waals surface area contributed by atoms with Crippen LogP contribution < -0.4 is 0 Å². The van der Waals surface area contributed by atoms with Crippen molar-refractivity contribution < 1.29 is 35.8 Å². The number of aliphatic hydroxyl groups is 1. The van der Waals surface area contributed by atoms with E-state index in [-0.39, 0.29) is 0 Å². The molecule has 0 saturated heterocycles. The summed E-state index contributed by atoms with van der Waals surface area (Å²) in [6.45, 7) is 1.63. The number of hydrogen-bond acceptors (Lipinski definition) is 1. The molecule has 0 aliphatic carbocycles. The van der Waals surface area contributed by atoms with Gasteiger partial charge in [-0.15, -0.1) is 0 Å². The molecule has 0 rings (SSSR count). The lowest BCUT2D eigenvalue weighted by atomic mass is 9.89. The minimum absolute atomic E-state index is 0.813. The number of hydrogen-bond donors (Lipinski definition) is 1. The van der Waals surface area contributed by atoms with E-state index in [0.29, 0.717) is 0 Å². The predicted octanol–water partition coefficient (Wildman–Crippen LogP) is 2.84. The quantitative estimate of drug-likeness (QED) is 0.738. The summed E-state index contributed by atoms with van der Waals surface area (Å²) >= 11 is 0. The first-order chi connectivity index (χ1) is 6.35. The van der Waals surface area contributed by atoms with Gasteiger partial charge >= 0.3 is 12.4 Å². The van der Waals surface area contributed by atoms with E-state index in [4.69, 9.17) is 5.11 Å². The van der Waals surface area contributed by atoms with Gasteiger partial charge in [0.15, 0.2) is 0 Å². The van der Waals surface area contributed by atoms with Crippen LogP contribution in [0, 0.1) is 5.92 Å². The first-order valence-electron chi connectivity index (χ1n) is 3.85. The first kappa shape index (κ1) is 14.5. The Hall–Kier alpha value is -0.530. The Bertz CT molecular complexity index is 202. The molecule has 0 aromatic rings. The SMILES string of the molecule is CC(C)[C@@H](F)C(O)(C(F)(F)F)C(F)(F)F. The van der Waals surface area contributed by atoms with Crippen LogP contribution in [0.2, 0.25) is 0 Å². The van der Waals surface area contributed by atoms with Gasteiger partial charge in [0, 0.05) is 0 Å². The molecular weight excluding hydrogens is 233 g/mol. The molecule has 92 valence electrons. The Morgan fingerprint density at radius 3 is 1.20 bits per heavy atom. The van der Waals surface area contributed by atoms with Crippen LogP contribution in [0.1, 0.15) is 13.8 Å². The maximum absolute atomic E-state index is 12.9. The Balaban J connectivity index is 5.43. The smallest absolute Gasteiger partial charge is 0.371 e. The second-order valence-corrected chi connectivity index (χ2v) is 3.41.